The van der Waals surface area contributed by atoms with Gasteiger partial charge in [-0.2, -0.15) is 5.26 Å². The molecule has 1 aromatic rings. The second-order valence-electron chi connectivity index (χ2n) is 4.83. The maximum absolute atomic E-state index is 12.1. The van der Waals surface area contributed by atoms with Crippen molar-refractivity contribution in [3.05, 3.63) is 35.4 Å². The van der Waals surface area contributed by atoms with E-state index in [1.807, 2.05) is 30.3 Å². The normalized spacial score (nSPS) is 20.3. The molecule has 1 aliphatic rings. The highest BCUT2D eigenvalue weighted by Gasteiger charge is 2.29. The van der Waals surface area contributed by atoms with Crippen LogP contribution in [-0.2, 0) is 16.4 Å². The van der Waals surface area contributed by atoms with Gasteiger partial charge in [-0.15, -0.1) is 0 Å². The number of nitrogens with one attached hydrogen (secondary N) is 1. The predicted molar refractivity (Wildman–Crippen MR) is 73.9 cm³/mol. The summed E-state index contributed by atoms with van der Waals surface area (Å²) in [6.45, 7) is 1.71. The van der Waals surface area contributed by atoms with Crippen LogP contribution in [0.1, 0.15) is 43.4 Å². The Labute approximate surface area is 114 Å². The summed E-state index contributed by atoms with van der Waals surface area (Å²) in [5.74, 6) is 0. The molecule has 102 valence electrons. The molecule has 0 heterocycles. The van der Waals surface area contributed by atoms with Crippen LogP contribution in [0.5, 0.6) is 0 Å². The number of benzene rings is 1. The number of aryl methyl sites for hydroxylation is 1. The predicted octanol–water partition coefficient (Wildman–Crippen LogP) is 2.29. The van der Waals surface area contributed by atoms with E-state index in [4.69, 9.17) is 5.26 Å². The van der Waals surface area contributed by atoms with Gasteiger partial charge in [-0.1, -0.05) is 31.2 Å². The van der Waals surface area contributed by atoms with Crippen LogP contribution in [-0.4, -0.2) is 13.7 Å². The average Bonchev–Trinajstić information content (AvgIpc) is 2.40. The molecule has 0 saturated heterocycles. The molecule has 0 amide bonds. The Kier molecular flexibility index (Phi) is 4.23. The second kappa shape index (κ2) is 5.72. The van der Waals surface area contributed by atoms with Crippen molar-refractivity contribution in [3.8, 4) is 6.07 Å². The van der Waals surface area contributed by atoms with Crippen molar-refractivity contribution < 1.29 is 8.42 Å². The Morgan fingerprint density at radius 1 is 1.47 bits per heavy atom. The van der Waals surface area contributed by atoms with Crippen LogP contribution >= 0.6 is 0 Å². The Balaban J connectivity index is 2.24. The maximum Gasteiger partial charge on any atom is 0.228 e. The van der Waals surface area contributed by atoms with Crippen LogP contribution < -0.4 is 4.72 Å². The number of sulfonamides is 1. The lowest BCUT2D eigenvalue weighted by Crippen LogP contribution is -2.37. The van der Waals surface area contributed by atoms with E-state index in [1.165, 1.54) is 5.56 Å². The standard InChI is InChI=1S/C14H18N2O2S/c1-2-12(10-15)19(17,18)16-14-9-5-7-11-6-3-4-8-13(11)14/h3-4,6,8,12,14,16H,2,5,7,9H2,1H3. The Morgan fingerprint density at radius 3 is 2.89 bits per heavy atom. The van der Waals surface area contributed by atoms with Crippen LogP contribution in [0.2, 0.25) is 0 Å². The largest absolute Gasteiger partial charge is 0.228 e. The fourth-order valence-corrected chi connectivity index (χ4v) is 3.92. The zero-order chi connectivity index (χ0) is 13.9. The van der Waals surface area contributed by atoms with Gasteiger partial charge in [0.2, 0.25) is 10.0 Å². The summed E-state index contributed by atoms with van der Waals surface area (Å²) >= 11 is 0. The molecule has 0 saturated carbocycles. The zero-order valence-electron chi connectivity index (χ0n) is 11.0. The van der Waals surface area contributed by atoms with Gasteiger partial charge in [0.1, 0.15) is 0 Å². The molecule has 0 aromatic heterocycles. The Morgan fingerprint density at radius 2 is 2.21 bits per heavy atom. The molecule has 0 radical (unpaired) electrons. The first-order valence-electron chi connectivity index (χ1n) is 6.57. The van der Waals surface area contributed by atoms with E-state index in [-0.39, 0.29) is 6.04 Å². The lowest BCUT2D eigenvalue weighted by Gasteiger charge is -2.26. The summed E-state index contributed by atoms with van der Waals surface area (Å²) in [5.41, 5.74) is 2.25. The molecule has 1 aliphatic carbocycles. The molecule has 2 unspecified atom stereocenters. The van der Waals surface area contributed by atoms with Gasteiger partial charge in [0.05, 0.1) is 6.07 Å². The number of rotatable bonds is 4. The van der Waals surface area contributed by atoms with Crippen LogP contribution in [0, 0.1) is 11.3 Å². The molecule has 19 heavy (non-hydrogen) atoms. The number of nitriles is 1. The van der Waals surface area contributed by atoms with Crippen LogP contribution in [0.3, 0.4) is 0 Å². The highest BCUT2D eigenvalue weighted by atomic mass is 32.2. The first-order valence-corrected chi connectivity index (χ1v) is 8.11. The molecule has 2 atom stereocenters. The van der Waals surface area contributed by atoms with E-state index in [9.17, 15) is 8.42 Å². The third kappa shape index (κ3) is 2.96. The highest BCUT2D eigenvalue weighted by Crippen LogP contribution is 2.30. The van der Waals surface area contributed by atoms with E-state index >= 15 is 0 Å². The van der Waals surface area contributed by atoms with Gasteiger partial charge in [-0.05, 0) is 36.8 Å². The molecule has 1 aromatic carbocycles. The molecule has 0 spiro atoms. The lowest BCUT2D eigenvalue weighted by atomic mass is 9.88. The van der Waals surface area contributed by atoms with Crippen LogP contribution in [0.25, 0.3) is 0 Å². The fraction of sp³-hybridized carbons (Fsp3) is 0.500. The van der Waals surface area contributed by atoms with Crippen molar-refractivity contribution in [1.29, 1.82) is 5.26 Å². The lowest BCUT2D eigenvalue weighted by molar-refractivity contribution is 0.503. The molecular weight excluding hydrogens is 260 g/mol. The topological polar surface area (TPSA) is 70.0 Å². The van der Waals surface area contributed by atoms with Gasteiger partial charge < -0.3 is 0 Å². The first-order chi connectivity index (χ1) is 9.08. The minimum absolute atomic E-state index is 0.197. The number of fused-ring (bicyclic) bond motifs is 1. The second-order valence-corrected chi connectivity index (χ2v) is 6.73. The summed E-state index contributed by atoms with van der Waals surface area (Å²) < 4.78 is 27.0. The number of hydrogen-bond donors (Lipinski definition) is 1. The minimum atomic E-state index is -3.58. The van der Waals surface area contributed by atoms with Gasteiger partial charge >= 0.3 is 0 Å². The van der Waals surface area contributed by atoms with Crippen molar-refractivity contribution >= 4 is 10.0 Å². The van der Waals surface area contributed by atoms with E-state index in [1.54, 1.807) is 6.92 Å². The van der Waals surface area contributed by atoms with E-state index < -0.39 is 15.3 Å². The SMILES string of the molecule is CCC(C#N)S(=O)(=O)NC1CCCc2ccccc21. The molecule has 2 rings (SSSR count). The van der Waals surface area contributed by atoms with Crippen LogP contribution in [0.4, 0.5) is 0 Å². The molecule has 0 bridgehead atoms. The Bertz CT molecular complexity index is 590. The minimum Gasteiger partial charge on any atom is -0.211 e. The number of nitrogens with zero attached hydrogens (tertiary/aromatic N) is 1. The first kappa shape index (κ1) is 14.0. The summed E-state index contributed by atoms with van der Waals surface area (Å²) in [4.78, 5) is 0. The molecule has 5 heteroatoms. The van der Waals surface area contributed by atoms with Crippen molar-refractivity contribution in [2.75, 3.05) is 0 Å². The van der Waals surface area contributed by atoms with Gasteiger partial charge in [-0.25, -0.2) is 13.1 Å². The van der Waals surface area contributed by atoms with Gasteiger partial charge in [0, 0.05) is 6.04 Å². The van der Waals surface area contributed by atoms with Crippen molar-refractivity contribution in [2.24, 2.45) is 0 Å². The monoisotopic (exact) mass is 278 g/mol. The van der Waals surface area contributed by atoms with Gasteiger partial charge in [0.25, 0.3) is 0 Å². The Hall–Kier alpha value is -1.38. The van der Waals surface area contributed by atoms with E-state index in [0.29, 0.717) is 6.42 Å². The van der Waals surface area contributed by atoms with E-state index in [2.05, 4.69) is 4.72 Å². The summed E-state index contributed by atoms with van der Waals surface area (Å²) in [7, 11) is -3.58. The summed E-state index contributed by atoms with van der Waals surface area (Å²) in [5, 5.41) is 7.95. The van der Waals surface area contributed by atoms with Crippen LogP contribution in [0.15, 0.2) is 24.3 Å². The smallest absolute Gasteiger partial charge is 0.211 e. The molecule has 0 fully saturated rings. The zero-order valence-corrected chi connectivity index (χ0v) is 11.8. The number of hydrogen-bond acceptors (Lipinski definition) is 3. The van der Waals surface area contributed by atoms with Gasteiger partial charge in [0.15, 0.2) is 5.25 Å². The average molecular weight is 278 g/mol. The van der Waals surface area contributed by atoms with Crippen molar-refractivity contribution in [1.82, 2.24) is 4.72 Å². The molecule has 1 N–H and O–H groups in total. The maximum atomic E-state index is 12.1. The quantitative estimate of drug-likeness (QED) is 0.918. The van der Waals surface area contributed by atoms with E-state index in [0.717, 1.165) is 24.8 Å². The highest BCUT2D eigenvalue weighted by molar-refractivity contribution is 7.90. The third-order valence-corrected chi connectivity index (χ3v) is 5.37. The molecular formula is C14H18N2O2S. The van der Waals surface area contributed by atoms with Gasteiger partial charge in [-0.3, -0.25) is 0 Å². The molecule has 0 aliphatic heterocycles. The fourth-order valence-electron chi connectivity index (χ4n) is 2.54. The molecule has 4 nitrogen and oxygen atoms in total. The van der Waals surface area contributed by atoms with Crippen molar-refractivity contribution in [2.45, 2.75) is 43.9 Å². The third-order valence-electron chi connectivity index (χ3n) is 3.57. The summed E-state index contributed by atoms with van der Waals surface area (Å²) in [6, 6.07) is 9.56. The summed E-state index contributed by atoms with van der Waals surface area (Å²) in [6.07, 6.45) is 3.05. The van der Waals surface area contributed by atoms with Crippen molar-refractivity contribution in [3.63, 3.8) is 0 Å².